The maximum Gasteiger partial charge on any atom is 0.253 e. The van der Waals surface area contributed by atoms with E-state index in [-0.39, 0.29) is 5.91 Å². The molecule has 0 bridgehead atoms. The Bertz CT molecular complexity index is 461. The molecule has 1 unspecified atom stereocenters. The van der Waals surface area contributed by atoms with Gasteiger partial charge in [0.2, 0.25) is 0 Å². The highest BCUT2D eigenvalue weighted by Crippen LogP contribution is 2.24. The molecular formula is C15H21ClN2OS. The quantitative estimate of drug-likeness (QED) is 0.842. The van der Waals surface area contributed by atoms with E-state index >= 15 is 0 Å². The molecule has 2 N–H and O–H groups in total. The van der Waals surface area contributed by atoms with E-state index in [9.17, 15) is 4.79 Å². The second-order valence-corrected chi connectivity index (χ2v) is 6.64. The Morgan fingerprint density at radius 3 is 3.05 bits per heavy atom. The SMILES string of the molecule is CCCNc1ccc(Cl)cc1C(=O)NCC1CCSC1. The lowest BCUT2D eigenvalue weighted by Gasteiger charge is -2.14. The molecule has 2 rings (SSSR count). The largest absolute Gasteiger partial charge is 0.384 e. The number of carbonyl (C=O) groups is 1. The number of carbonyl (C=O) groups excluding carboxylic acids is 1. The summed E-state index contributed by atoms with van der Waals surface area (Å²) >= 11 is 7.97. The van der Waals surface area contributed by atoms with Crippen LogP contribution < -0.4 is 10.6 Å². The van der Waals surface area contributed by atoms with Crippen molar-refractivity contribution < 1.29 is 4.79 Å². The Morgan fingerprint density at radius 2 is 2.35 bits per heavy atom. The molecule has 1 aromatic carbocycles. The van der Waals surface area contributed by atoms with Gasteiger partial charge in [-0.25, -0.2) is 0 Å². The van der Waals surface area contributed by atoms with Crippen LogP contribution in [0, 0.1) is 5.92 Å². The minimum Gasteiger partial charge on any atom is -0.384 e. The molecule has 20 heavy (non-hydrogen) atoms. The van der Waals surface area contributed by atoms with Gasteiger partial charge in [-0.05, 0) is 48.5 Å². The molecule has 1 saturated heterocycles. The fourth-order valence-corrected chi connectivity index (χ4v) is 3.65. The number of thioether (sulfide) groups is 1. The average molecular weight is 313 g/mol. The zero-order chi connectivity index (χ0) is 14.4. The minimum atomic E-state index is -0.0389. The van der Waals surface area contributed by atoms with Crippen LogP contribution in [0.3, 0.4) is 0 Å². The fourth-order valence-electron chi connectivity index (χ4n) is 2.19. The van der Waals surface area contributed by atoms with Gasteiger partial charge in [-0.3, -0.25) is 4.79 Å². The zero-order valence-electron chi connectivity index (χ0n) is 11.7. The molecule has 0 aliphatic carbocycles. The van der Waals surface area contributed by atoms with E-state index < -0.39 is 0 Å². The smallest absolute Gasteiger partial charge is 0.253 e. The van der Waals surface area contributed by atoms with Crippen LogP contribution in [-0.2, 0) is 0 Å². The Labute approximate surface area is 129 Å². The first kappa shape index (κ1) is 15.5. The molecule has 0 saturated carbocycles. The van der Waals surface area contributed by atoms with Crippen molar-refractivity contribution in [2.75, 3.05) is 29.9 Å². The molecule has 1 aliphatic heterocycles. The second-order valence-electron chi connectivity index (χ2n) is 5.06. The van der Waals surface area contributed by atoms with Gasteiger partial charge in [0.15, 0.2) is 0 Å². The van der Waals surface area contributed by atoms with Crippen LogP contribution in [0.2, 0.25) is 5.02 Å². The summed E-state index contributed by atoms with van der Waals surface area (Å²) in [7, 11) is 0. The van der Waals surface area contributed by atoms with E-state index in [0.29, 0.717) is 16.5 Å². The number of benzene rings is 1. The van der Waals surface area contributed by atoms with Crippen LogP contribution >= 0.6 is 23.4 Å². The van der Waals surface area contributed by atoms with E-state index in [0.717, 1.165) is 31.0 Å². The monoisotopic (exact) mass is 312 g/mol. The highest BCUT2D eigenvalue weighted by Gasteiger charge is 2.18. The summed E-state index contributed by atoms with van der Waals surface area (Å²) < 4.78 is 0. The fraction of sp³-hybridized carbons (Fsp3) is 0.533. The van der Waals surface area contributed by atoms with Crippen LogP contribution in [-0.4, -0.2) is 30.5 Å². The molecule has 1 amide bonds. The van der Waals surface area contributed by atoms with Gasteiger partial charge in [-0.2, -0.15) is 11.8 Å². The van der Waals surface area contributed by atoms with Gasteiger partial charge in [0, 0.05) is 23.8 Å². The van der Waals surface area contributed by atoms with E-state index in [2.05, 4.69) is 17.6 Å². The van der Waals surface area contributed by atoms with Crippen LogP contribution in [0.15, 0.2) is 18.2 Å². The lowest BCUT2D eigenvalue weighted by molar-refractivity contribution is 0.0949. The van der Waals surface area contributed by atoms with Gasteiger partial charge >= 0.3 is 0 Å². The van der Waals surface area contributed by atoms with Crippen LogP contribution in [0.25, 0.3) is 0 Å². The van der Waals surface area contributed by atoms with Gasteiger partial charge in [0.1, 0.15) is 0 Å². The van der Waals surface area contributed by atoms with Crippen LogP contribution in [0.1, 0.15) is 30.1 Å². The molecule has 1 atom stereocenters. The van der Waals surface area contributed by atoms with Gasteiger partial charge in [-0.15, -0.1) is 0 Å². The van der Waals surface area contributed by atoms with Crippen molar-refractivity contribution in [1.29, 1.82) is 0 Å². The number of rotatable bonds is 6. The van der Waals surface area contributed by atoms with Gasteiger partial charge in [0.25, 0.3) is 5.91 Å². The summed E-state index contributed by atoms with van der Waals surface area (Å²) in [6.07, 6.45) is 2.21. The summed E-state index contributed by atoms with van der Waals surface area (Å²) in [4.78, 5) is 12.3. The number of hydrogen-bond acceptors (Lipinski definition) is 3. The molecule has 1 fully saturated rings. The first-order chi connectivity index (χ1) is 9.70. The Balaban J connectivity index is 2.00. The van der Waals surface area contributed by atoms with Crippen LogP contribution in [0.5, 0.6) is 0 Å². The molecule has 110 valence electrons. The van der Waals surface area contributed by atoms with Crippen molar-refractivity contribution in [1.82, 2.24) is 5.32 Å². The van der Waals surface area contributed by atoms with E-state index in [1.54, 1.807) is 6.07 Å². The first-order valence-corrected chi connectivity index (χ1v) is 8.63. The van der Waals surface area contributed by atoms with Crippen molar-refractivity contribution in [3.8, 4) is 0 Å². The first-order valence-electron chi connectivity index (χ1n) is 7.10. The standard InChI is InChI=1S/C15H21ClN2OS/c1-2-6-17-14-4-3-12(16)8-13(14)15(19)18-9-11-5-7-20-10-11/h3-4,8,11,17H,2,5-7,9-10H2,1H3,(H,18,19). The Morgan fingerprint density at radius 1 is 1.50 bits per heavy atom. The molecule has 1 aromatic rings. The zero-order valence-corrected chi connectivity index (χ0v) is 13.3. The summed E-state index contributed by atoms with van der Waals surface area (Å²) in [5, 5.41) is 6.90. The van der Waals surface area contributed by atoms with E-state index in [4.69, 9.17) is 11.6 Å². The molecular weight excluding hydrogens is 292 g/mol. The number of anilines is 1. The lowest BCUT2D eigenvalue weighted by Crippen LogP contribution is -2.30. The topological polar surface area (TPSA) is 41.1 Å². The summed E-state index contributed by atoms with van der Waals surface area (Å²) in [5.41, 5.74) is 1.49. The van der Waals surface area contributed by atoms with Crippen molar-refractivity contribution in [3.63, 3.8) is 0 Å². The van der Waals surface area contributed by atoms with Crippen molar-refractivity contribution in [2.24, 2.45) is 5.92 Å². The highest BCUT2D eigenvalue weighted by atomic mass is 35.5. The number of nitrogens with one attached hydrogen (secondary N) is 2. The Kier molecular flexibility index (Phi) is 6.05. The van der Waals surface area contributed by atoms with Crippen molar-refractivity contribution >= 4 is 35.0 Å². The molecule has 0 radical (unpaired) electrons. The second kappa shape index (κ2) is 7.79. The van der Waals surface area contributed by atoms with Crippen molar-refractivity contribution in [3.05, 3.63) is 28.8 Å². The number of hydrogen-bond donors (Lipinski definition) is 2. The minimum absolute atomic E-state index is 0.0389. The maximum absolute atomic E-state index is 12.3. The predicted molar refractivity (Wildman–Crippen MR) is 88.0 cm³/mol. The molecule has 1 aliphatic rings. The third-order valence-electron chi connectivity index (χ3n) is 3.37. The van der Waals surface area contributed by atoms with E-state index in [1.165, 1.54) is 12.2 Å². The van der Waals surface area contributed by atoms with Gasteiger partial charge < -0.3 is 10.6 Å². The summed E-state index contributed by atoms with van der Waals surface area (Å²) in [6, 6.07) is 5.42. The summed E-state index contributed by atoms with van der Waals surface area (Å²) in [6.45, 7) is 3.70. The normalized spacial score (nSPS) is 18.0. The third-order valence-corrected chi connectivity index (χ3v) is 4.83. The molecule has 3 nitrogen and oxygen atoms in total. The molecule has 5 heteroatoms. The average Bonchev–Trinajstić information content (AvgIpc) is 2.96. The summed E-state index contributed by atoms with van der Waals surface area (Å²) in [5.74, 6) is 2.93. The van der Waals surface area contributed by atoms with E-state index in [1.807, 2.05) is 23.9 Å². The Hall–Kier alpha value is -0.870. The van der Waals surface area contributed by atoms with Gasteiger partial charge in [0.05, 0.1) is 5.56 Å². The number of amides is 1. The molecule has 1 heterocycles. The van der Waals surface area contributed by atoms with Gasteiger partial charge in [-0.1, -0.05) is 18.5 Å². The number of halogens is 1. The van der Waals surface area contributed by atoms with Crippen LogP contribution in [0.4, 0.5) is 5.69 Å². The van der Waals surface area contributed by atoms with Crippen molar-refractivity contribution in [2.45, 2.75) is 19.8 Å². The predicted octanol–water partition coefficient (Wildman–Crippen LogP) is 3.64. The third kappa shape index (κ3) is 4.32. The highest BCUT2D eigenvalue weighted by molar-refractivity contribution is 7.99. The maximum atomic E-state index is 12.3. The molecule has 0 aromatic heterocycles. The molecule has 0 spiro atoms. The lowest BCUT2D eigenvalue weighted by atomic mass is 10.1.